The topological polar surface area (TPSA) is 49.2 Å². The van der Waals surface area contributed by atoms with Crippen LogP contribution in [0.2, 0.25) is 0 Å². The second-order valence-corrected chi connectivity index (χ2v) is 3.78. The van der Waals surface area contributed by atoms with Crippen LogP contribution in [0.5, 0.6) is 0 Å². The molecule has 5 nitrogen and oxygen atoms in total. The maximum Gasteiger partial charge on any atom is 0.204 e. The number of nitrogens with zero attached hydrogens (tertiary/aromatic N) is 3. The monoisotopic (exact) mass is 265 g/mol. The van der Waals surface area contributed by atoms with Crippen molar-refractivity contribution in [1.29, 1.82) is 0 Å². The fourth-order valence-electron chi connectivity index (χ4n) is 1.66. The van der Waals surface area contributed by atoms with Crippen molar-refractivity contribution in [2.75, 3.05) is 13.2 Å². The van der Waals surface area contributed by atoms with Gasteiger partial charge in [0.1, 0.15) is 17.2 Å². The van der Waals surface area contributed by atoms with Crippen LogP contribution in [0.15, 0.2) is 30.5 Å². The molecule has 2 rings (SSSR count). The fourth-order valence-corrected chi connectivity index (χ4v) is 1.66. The number of rotatable bonds is 6. The maximum atomic E-state index is 13.6. The second-order valence-electron chi connectivity index (χ2n) is 3.78. The number of halogens is 1. The molecule has 19 heavy (non-hydrogen) atoms. The molecular formula is C13H16FN3O2. The van der Waals surface area contributed by atoms with Crippen molar-refractivity contribution in [3.05, 3.63) is 42.0 Å². The Labute approximate surface area is 111 Å². The normalized spacial score (nSPS) is 11.2. The van der Waals surface area contributed by atoms with E-state index < -0.39 is 6.29 Å². The number of hydrogen-bond donors (Lipinski definition) is 0. The van der Waals surface area contributed by atoms with Gasteiger partial charge in [0.15, 0.2) is 0 Å². The smallest absolute Gasteiger partial charge is 0.204 e. The molecule has 1 heterocycles. The van der Waals surface area contributed by atoms with E-state index in [0.29, 0.717) is 24.6 Å². The maximum absolute atomic E-state index is 13.6. The van der Waals surface area contributed by atoms with Gasteiger partial charge in [0, 0.05) is 13.2 Å². The van der Waals surface area contributed by atoms with Gasteiger partial charge < -0.3 is 9.47 Å². The molecule has 0 aliphatic carbocycles. The first-order valence-corrected chi connectivity index (χ1v) is 6.16. The quantitative estimate of drug-likeness (QED) is 0.753. The van der Waals surface area contributed by atoms with E-state index in [2.05, 4.69) is 10.3 Å². The molecule has 0 unspecified atom stereocenters. The zero-order valence-electron chi connectivity index (χ0n) is 10.9. The van der Waals surface area contributed by atoms with Gasteiger partial charge in [-0.05, 0) is 26.0 Å². The lowest BCUT2D eigenvalue weighted by Crippen LogP contribution is -2.09. The highest BCUT2D eigenvalue weighted by Crippen LogP contribution is 2.18. The van der Waals surface area contributed by atoms with Gasteiger partial charge in [-0.3, -0.25) is 0 Å². The van der Waals surface area contributed by atoms with Crippen LogP contribution >= 0.6 is 0 Å². The van der Waals surface area contributed by atoms with Gasteiger partial charge in [-0.2, -0.15) is 0 Å². The Morgan fingerprint density at radius 2 is 1.89 bits per heavy atom. The van der Waals surface area contributed by atoms with Gasteiger partial charge in [0.05, 0.1) is 6.20 Å². The highest BCUT2D eigenvalue weighted by Gasteiger charge is 2.16. The molecule has 2 aromatic rings. The number of para-hydroxylation sites is 1. The summed E-state index contributed by atoms with van der Waals surface area (Å²) in [5.41, 5.74) is 0.861. The Morgan fingerprint density at radius 3 is 2.53 bits per heavy atom. The molecule has 102 valence electrons. The fraction of sp³-hybridized carbons (Fsp3) is 0.385. The van der Waals surface area contributed by atoms with Gasteiger partial charge in [-0.1, -0.05) is 17.3 Å². The molecule has 0 aliphatic heterocycles. The molecule has 0 spiro atoms. The standard InChI is InChI=1S/C13H16FN3O2/c1-3-18-13(19-4-2)11-9-17(16-15-11)12-8-6-5-7-10(12)14/h5-9,13H,3-4H2,1-2H3. The van der Waals surface area contributed by atoms with E-state index in [4.69, 9.17) is 9.47 Å². The molecular weight excluding hydrogens is 249 g/mol. The minimum absolute atomic E-state index is 0.341. The molecule has 0 saturated carbocycles. The average molecular weight is 265 g/mol. The molecule has 0 saturated heterocycles. The lowest BCUT2D eigenvalue weighted by molar-refractivity contribution is -0.142. The molecule has 0 fully saturated rings. The molecule has 0 bridgehead atoms. The third-order valence-electron chi connectivity index (χ3n) is 2.49. The van der Waals surface area contributed by atoms with Crippen molar-refractivity contribution in [2.45, 2.75) is 20.1 Å². The minimum Gasteiger partial charge on any atom is -0.347 e. The van der Waals surface area contributed by atoms with Crippen LogP contribution in [0, 0.1) is 5.82 Å². The summed E-state index contributed by atoms with van der Waals surface area (Å²) in [7, 11) is 0. The summed E-state index contributed by atoms with van der Waals surface area (Å²) in [6.07, 6.45) is 1.03. The average Bonchev–Trinajstić information content (AvgIpc) is 2.88. The van der Waals surface area contributed by atoms with Crippen molar-refractivity contribution >= 4 is 0 Å². The summed E-state index contributed by atoms with van der Waals surface area (Å²) < 4.78 is 25.8. The number of hydrogen-bond acceptors (Lipinski definition) is 4. The number of aromatic nitrogens is 3. The van der Waals surface area contributed by atoms with E-state index in [-0.39, 0.29) is 5.82 Å². The predicted molar refractivity (Wildman–Crippen MR) is 67.3 cm³/mol. The van der Waals surface area contributed by atoms with E-state index in [1.165, 1.54) is 10.7 Å². The Hall–Kier alpha value is -1.79. The van der Waals surface area contributed by atoms with Crippen LogP contribution in [0.4, 0.5) is 4.39 Å². The lowest BCUT2D eigenvalue weighted by Gasteiger charge is -2.13. The Balaban J connectivity index is 2.25. The van der Waals surface area contributed by atoms with E-state index >= 15 is 0 Å². The summed E-state index contributed by atoms with van der Waals surface area (Å²) in [4.78, 5) is 0. The SMILES string of the molecule is CCOC(OCC)c1cn(-c2ccccc2F)nn1. The molecule has 1 aromatic heterocycles. The summed E-state index contributed by atoms with van der Waals surface area (Å²) in [5.74, 6) is -0.358. The minimum atomic E-state index is -0.574. The van der Waals surface area contributed by atoms with Crippen LogP contribution in [-0.4, -0.2) is 28.2 Å². The summed E-state index contributed by atoms with van der Waals surface area (Å²) >= 11 is 0. The van der Waals surface area contributed by atoms with E-state index in [9.17, 15) is 4.39 Å². The summed E-state index contributed by atoms with van der Waals surface area (Å²) in [6, 6.07) is 6.37. The third-order valence-corrected chi connectivity index (χ3v) is 2.49. The van der Waals surface area contributed by atoms with Gasteiger partial charge in [-0.25, -0.2) is 9.07 Å². The first-order chi connectivity index (χ1) is 9.26. The number of ether oxygens (including phenoxy) is 2. The molecule has 1 aromatic carbocycles. The van der Waals surface area contributed by atoms with Crippen LogP contribution in [0.3, 0.4) is 0 Å². The first-order valence-electron chi connectivity index (χ1n) is 6.16. The largest absolute Gasteiger partial charge is 0.347 e. The molecule has 0 aliphatic rings. The highest BCUT2D eigenvalue weighted by molar-refractivity contribution is 5.32. The molecule has 0 N–H and O–H groups in total. The Morgan fingerprint density at radius 1 is 1.21 bits per heavy atom. The van der Waals surface area contributed by atoms with Crippen LogP contribution < -0.4 is 0 Å². The summed E-state index contributed by atoms with van der Waals surface area (Å²) in [5, 5.41) is 7.87. The first kappa shape index (κ1) is 13.6. The molecule has 6 heteroatoms. The van der Waals surface area contributed by atoms with Crippen LogP contribution in [-0.2, 0) is 9.47 Å². The zero-order chi connectivity index (χ0) is 13.7. The van der Waals surface area contributed by atoms with Gasteiger partial charge in [0.2, 0.25) is 6.29 Å². The number of benzene rings is 1. The van der Waals surface area contributed by atoms with Crippen molar-refractivity contribution < 1.29 is 13.9 Å². The summed E-state index contributed by atoms with van der Waals surface area (Å²) in [6.45, 7) is 4.73. The van der Waals surface area contributed by atoms with Gasteiger partial charge in [-0.15, -0.1) is 5.10 Å². The van der Waals surface area contributed by atoms with E-state index in [1.54, 1.807) is 24.4 Å². The molecule has 0 radical (unpaired) electrons. The molecule has 0 amide bonds. The Kier molecular flexibility index (Phi) is 4.59. The van der Waals surface area contributed by atoms with Crippen molar-refractivity contribution in [2.24, 2.45) is 0 Å². The molecule has 0 atom stereocenters. The van der Waals surface area contributed by atoms with Crippen molar-refractivity contribution in [1.82, 2.24) is 15.0 Å². The zero-order valence-corrected chi connectivity index (χ0v) is 10.9. The predicted octanol–water partition coefficient (Wildman–Crippen LogP) is 2.48. The van der Waals surface area contributed by atoms with E-state index in [1.807, 2.05) is 13.8 Å². The third kappa shape index (κ3) is 3.15. The Bertz CT molecular complexity index is 524. The lowest BCUT2D eigenvalue weighted by atomic mass is 10.3. The second kappa shape index (κ2) is 6.40. The van der Waals surface area contributed by atoms with Crippen LogP contribution in [0.1, 0.15) is 25.8 Å². The van der Waals surface area contributed by atoms with Gasteiger partial charge in [0.25, 0.3) is 0 Å². The van der Waals surface area contributed by atoms with Gasteiger partial charge >= 0.3 is 0 Å². The van der Waals surface area contributed by atoms with Crippen LogP contribution in [0.25, 0.3) is 5.69 Å². The van der Waals surface area contributed by atoms with Crippen molar-refractivity contribution in [3.8, 4) is 5.69 Å². The van der Waals surface area contributed by atoms with Crippen molar-refractivity contribution in [3.63, 3.8) is 0 Å². The van der Waals surface area contributed by atoms with E-state index in [0.717, 1.165) is 0 Å². The highest BCUT2D eigenvalue weighted by atomic mass is 19.1.